The van der Waals surface area contributed by atoms with Crippen molar-refractivity contribution < 1.29 is 4.74 Å². The molecule has 0 spiro atoms. The van der Waals surface area contributed by atoms with E-state index >= 15 is 0 Å². The van der Waals surface area contributed by atoms with E-state index < -0.39 is 0 Å². The number of pyridine rings is 1. The Morgan fingerprint density at radius 1 is 1.33 bits per heavy atom. The molecule has 3 atom stereocenters. The smallest absolute Gasteiger partial charge is 0.215 e. The van der Waals surface area contributed by atoms with Gasteiger partial charge in [0.25, 0.3) is 0 Å². The van der Waals surface area contributed by atoms with Gasteiger partial charge in [0.05, 0.1) is 6.61 Å². The van der Waals surface area contributed by atoms with Crippen molar-refractivity contribution in [3.8, 4) is 5.88 Å². The third-order valence-electron chi connectivity index (χ3n) is 6.29. The number of nitrogens with zero attached hydrogens (tertiary/aromatic N) is 3. The summed E-state index contributed by atoms with van der Waals surface area (Å²) in [7, 11) is 4.05. The van der Waals surface area contributed by atoms with Gasteiger partial charge >= 0.3 is 0 Å². The van der Waals surface area contributed by atoms with Gasteiger partial charge in [-0.05, 0) is 44.2 Å². The lowest BCUT2D eigenvalue weighted by molar-refractivity contribution is 0.278. The Balaban J connectivity index is 0.00000124. The first kappa shape index (κ1) is 23.2. The van der Waals surface area contributed by atoms with Crippen molar-refractivity contribution in [2.24, 2.45) is 15.5 Å². The molecular formula is C21H33N6OPS. The predicted molar refractivity (Wildman–Crippen MR) is 130 cm³/mol. The Bertz CT molecular complexity index is 845. The van der Waals surface area contributed by atoms with E-state index in [0.717, 1.165) is 44.6 Å². The molecule has 0 fully saturated rings. The van der Waals surface area contributed by atoms with E-state index in [1.54, 1.807) is 0 Å². The second-order valence-electron chi connectivity index (χ2n) is 8.21. The fraction of sp³-hybridized carbons (Fsp3) is 0.571. The summed E-state index contributed by atoms with van der Waals surface area (Å²) in [5, 5.41) is 4.19. The molecule has 3 aliphatic rings. The second kappa shape index (κ2) is 10.2. The highest BCUT2D eigenvalue weighted by atomic mass is 32.1. The van der Waals surface area contributed by atoms with Crippen molar-refractivity contribution in [1.29, 1.82) is 0 Å². The normalized spacial score (nSPS) is 28.8. The monoisotopic (exact) mass is 448 g/mol. The molecule has 1 aromatic heterocycles. The molecule has 1 aromatic rings. The van der Waals surface area contributed by atoms with E-state index in [-0.39, 0.29) is 11.5 Å². The third kappa shape index (κ3) is 4.89. The van der Waals surface area contributed by atoms with E-state index in [1.807, 2.05) is 18.2 Å². The average molecular weight is 449 g/mol. The number of rotatable bonds is 1. The van der Waals surface area contributed by atoms with Crippen molar-refractivity contribution in [2.45, 2.75) is 52.5 Å². The molecule has 4 heterocycles. The van der Waals surface area contributed by atoms with Crippen LogP contribution in [0.25, 0.3) is 0 Å². The standard InChI is InChI=1S/C21H30N5OP.H3NS/c1-4-21(3)10-5-6-11-27-18-9-7-8-17(22-18)23-19-16-13-26(20(21)28)12-15(16)14(2)24-25-19;1-2/h7-9,14,24,28H,4-6,10-13H2,1-3H3,(H,22,23,25);2H,1H2. The first-order valence-electron chi connectivity index (χ1n) is 10.5. The Hall–Kier alpha value is -1.44. The summed E-state index contributed by atoms with van der Waals surface area (Å²) in [6.07, 6.45) is 4.38. The molecule has 4 rings (SSSR count). The van der Waals surface area contributed by atoms with Crippen molar-refractivity contribution in [2.75, 3.05) is 19.7 Å². The van der Waals surface area contributed by atoms with Crippen LogP contribution in [-0.2, 0) is 0 Å². The van der Waals surface area contributed by atoms with Crippen LogP contribution in [0.5, 0.6) is 5.88 Å². The number of nitrogens with two attached hydrogens (primary N) is 1. The zero-order chi connectivity index (χ0) is 21.7. The van der Waals surface area contributed by atoms with E-state index in [1.165, 1.54) is 16.6 Å². The van der Waals surface area contributed by atoms with E-state index in [0.29, 0.717) is 18.3 Å². The molecule has 3 unspecified atom stereocenters. The van der Waals surface area contributed by atoms with Crippen LogP contribution < -0.4 is 20.7 Å². The first-order chi connectivity index (χ1) is 14.5. The fourth-order valence-corrected chi connectivity index (χ4v) is 4.63. The van der Waals surface area contributed by atoms with Gasteiger partial charge in [0.15, 0.2) is 5.82 Å². The number of hydrogen-bond donors (Lipinski definition) is 4. The molecule has 0 aliphatic carbocycles. The minimum absolute atomic E-state index is 0.128. The molecule has 9 heteroatoms. The van der Waals surface area contributed by atoms with Crippen LogP contribution in [0.1, 0.15) is 46.5 Å². The van der Waals surface area contributed by atoms with E-state index in [2.05, 4.69) is 68.3 Å². The van der Waals surface area contributed by atoms with Gasteiger partial charge in [0.2, 0.25) is 5.88 Å². The molecule has 30 heavy (non-hydrogen) atoms. The summed E-state index contributed by atoms with van der Waals surface area (Å²) in [5.41, 5.74) is 10.7. The maximum atomic E-state index is 5.88. The summed E-state index contributed by atoms with van der Waals surface area (Å²) < 4.78 is 5.88. The maximum Gasteiger partial charge on any atom is 0.215 e. The first-order valence-corrected chi connectivity index (χ1v) is 11.5. The molecule has 0 amide bonds. The molecule has 0 aromatic carbocycles. The molecule has 4 bridgehead atoms. The van der Waals surface area contributed by atoms with Crippen LogP contribution in [0.2, 0.25) is 0 Å². The molecule has 0 saturated heterocycles. The highest BCUT2D eigenvalue weighted by molar-refractivity contribution is 7.77. The average Bonchev–Trinajstić information content (AvgIpc) is 3.22. The largest absolute Gasteiger partial charge is 0.478 e. The summed E-state index contributed by atoms with van der Waals surface area (Å²) in [6, 6.07) is 6.04. The van der Waals surface area contributed by atoms with Gasteiger partial charge in [-0.25, -0.2) is 10.4 Å². The molecule has 0 radical (unpaired) electrons. The minimum Gasteiger partial charge on any atom is -0.478 e. The lowest BCUT2D eigenvalue weighted by Gasteiger charge is -2.35. The molecule has 3 aliphatic heterocycles. The van der Waals surface area contributed by atoms with Gasteiger partial charge in [0, 0.05) is 41.6 Å². The van der Waals surface area contributed by atoms with Gasteiger partial charge in [0.1, 0.15) is 5.84 Å². The van der Waals surface area contributed by atoms with Gasteiger partial charge in [-0.3, -0.25) is 10.0 Å². The summed E-state index contributed by atoms with van der Waals surface area (Å²) in [5.74, 6) is 2.16. The highest BCUT2D eigenvalue weighted by Crippen LogP contribution is 2.36. The van der Waals surface area contributed by atoms with E-state index in [9.17, 15) is 0 Å². The second-order valence-corrected chi connectivity index (χ2v) is 8.69. The highest BCUT2D eigenvalue weighted by Gasteiger charge is 2.37. The Morgan fingerprint density at radius 3 is 2.90 bits per heavy atom. The van der Waals surface area contributed by atoms with E-state index in [4.69, 9.17) is 9.73 Å². The minimum atomic E-state index is 0.128. The van der Waals surface area contributed by atoms with Crippen LogP contribution in [0.4, 0.5) is 5.82 Å². The van der Waals surface area contributed by atoms with Gasteiger partial charge in [-0.15, -0.1) is 21.7 Å². The van der Waals surface area contributed by atoms with Crippen molar-refractivity contribution >= 4 is 38.7 Å². The number of ether oxygens (including phenoxy) is 1. The Kier molecular flexibility index (Phi) is 7.93. The lowest BCUT2D eigenvalue weighted by Crippen LogP contribution is -2.49. The third-order valence-corrected chi connectivity index (χ3v) is 7.21. The van der Waals surface area contributed by atoms with Gasteiger partial charge < -0.3 is 10.2 Å². The SMILES string of the molecule is CCC1(C)CCCCOc2cccc(n2)N=C2NNC(C)C3=C2CN(C3)C1=P.NS. The predicted octanol–water partition coefficient (Wildman–Crippen LogP) is 3.26. The van der Waals surface area contributed by atoms with Crippen molar-refractivity contribution in [3.05, 3.63) is 29.3 Å². The maximum absolute atomic E-state index is 5.88. The molecular weight excluding hydrogens is 415 g/mol. The van der Waals surface area contributed by atoms with Crippen LogP contribution in [0.15, 0.2) is 34.3 Å². The van der Waals surface area contributed by atoms with Crippen LogP contribution in [0.3, 0.4) is 0 Å². The Morgan fingerprint density at radius 2 is 2.13 bits per heavy atom. The number of hydrazine groups is 1. The number of fused-ring (bicyclic) bond motifs is 3. The quantitative estimate of drug-likeness (QED) is 0.390. The lowest BCUT2D eigenvalue weighted by atomic mass is 9.81. The fourth-order valence-electron chi connectivity index (χ4n) is 4.17. The number of amidine groups is 1. The number of hydrogen-bond acceptors (Lipinski definition) is 7. The molecule has 164 valence electrons. The summed E-state index contributed by atoms with van der Waals surface area (Å²) >= 11 is 3.03. The number of nitrogens with one attached hydrogen (secondary N) is 2. The van der Waals surface area contributed by atoms with Crippen molar-refractivity contribution in [3.63, 3.8) is 0 Å². The molecule has 7 nitrogen and oxygen atoms in total. The molecule has 0 saturated carbocycles. The number of aliphatic imine (C=N–C) groups is 1. The van der Waals surface area contributed by atoms with Gasteiger partial charge in [-0.1, -0.05) is 19.9 Å². The van der Waals surface area contributed by atoms with Crippen LogP contribution in [0, 0.1) is 5.41 Å². The summed E-state index contributed by atoms with van der Waals surface area (Å²) in [6.45, 7) is 9.31. The number of aromatic nitrogens is 1. The Labute approximate surface area is 187 Å². The van der Waals surface area contributed by atoms with Gasteiger partial charge in [-0.2, -0.15) is 4.98 Å². The van der Waals surface area contributed by atoms with Crippen LogP contribution >= 0.6 is 21.7 Å². The zero-order valence-corrected chi connectivity index (χ0v) is 19.9. The topological polar surface area (TPSA) is 87.8 Å². The molecule has 4 N–H and O–H groups in total. The zero-order valence-electron chi connectivity index (χ0n) is 18.0. The van der Waals surface area contributed by atoms with Crippen molar-refractivity contribution in [1.82, 2.24) is 20.7 Å². The number of thiol groups is 1. The summed E-state index contributed by atoms with van der Waals surface area (Å²) in [4.78, 5) is 11.8. The van der Waals surface area contributed by atoms with Crippen LogP contribution in [-0.4, -0.2) is 46.9 Å².